The zero-order valence-electron chi connectivity index (χ0n) is 13.1. The minimum atomic E-state index is -1.44. The van der Waals surface area contributed by atoms with E-state index in [2.05, 4.69) is 9.99 Å². The molecule has 1 fully saturated rings. The molecule has 1 saturated heterocycles. The summed E-state index contributed by atoms with van der Waals surface area (Å²) in [5.74, 6) is 0. The van der Waals surface area contributed by atoms with Crippen LogP contribution in [0.4, 0.5) is 11.4 Å². The molecule has 23 heavy (non-hydrogen) atoms. The highest BCUT2D eigenvalue weighted by Crippen LogP contribution is 2.25. The smallest absolute Gasteiger partial charge is 0.478 e. The second-order valence-electron chi connectivity index (χ2n) is 5.77. The summed E-state index contributed by atoms with van der Waals surface area (Å²) in [6.07, 6.45) is 7.33. The van der Waals surface area contributed by atoms with Gasteiger partial charge in [-0.25, -0.2) is 4.57 Å². The molecule has 8 heteroatoms. The SMILES string of the molecule is C[n+]1ccn(C[P+](=O)NC2CCN(c3ccc(N)cc3)C2)c1.[Cl-]. The van der Waals surface area contributed by atoms with Crippen LogP contribution in [0.1, 0.15) is 6.42 Å². The summed E-state index contributed by atoms with van der Waals surface area (Å²) in [5.41, 5.74) is 7.67. The Morgan fingerprint density at radius 1 is 1.39 bits per heavy atom. The Bertz CT molecular complexity index is 660. The highest BCUT2D eigenvalue weighted by Gasteiger charge is 2.30. The molecule has 2 unspecified atom stereocenters. The summed E-state index contributed by atoms with van der Waals surface area (Å²) in [6.45, 7) is 1.85. The van der Waals surface area contributed by atoms with Gasteiger partial charge < -0.3 is 23.0 Å². The van der Waals surface area contributed by atoms with Crippen molar-refractivity contribution in [1.29, 1.82) is 0 Å². The van der Waals surface area contributed by atoms with Crippen molar-refractivity contribution in [3.63, 3.8) is 0 Å². The van der Waals surface area contributed by atoms with E-state index in [0.717, 1.165) is 25.2 Å². The lowest BCUT2D eigenvalue weighted by molar-refractivity contribution is -0.670. The Morgan fingerprint density at radius 3 is 2.78 bits per heavy atom. The summed E-state index contributed by atoms with van der Waals surface area (Å²) in [5, 5.41) is 3.26. The number of nitrogens with one attached hydrogen (secondary N) is 1. The number of halogens is 1. The van der Waals surface area contributed by atoms with Crippen molar-refractivity contribution in [2.45, 2.75) is 18.7 Å². The predicted molar refractivity (Wildman–Crippen MR) is 87.8 cm³/mol. The number of aromatic nitrogens is 2. The van der Waals surface area contributed by atoms with Gasteiger partial charge in [-0.1, -0.05) is 0 Å². The number of nitrogens with two attached hydrogens (primary N) is 1. The molecule has 0 aliphatic carbocycles. The number of imidazole rings is 1. The molecule has 0 saturated carbocycles. The topological polar surface area (TPSA) is 67.2 Å². The summed E-state index contributed by atoms with van der Waals surface area (Å²) in [6, 6.07) is 8.19. The molecule has 0 bridgehead atoms. The van der Waals surface area contributed by atoms with Gasteiger partial charge in [0.2, 0.25) is 6.33 Å². The van der Waals surface area contributed by atoms with Crippen molar-refractivity contribution in [3.05, 3.63) is 43.0 Å². The average Bonchev–Trinajstić information content (AvgIpc) is 3.09. The van der Waals surface area contributed by atoms with Gasteiger partial charge >= 0.3 is 14.2 Å². The van der Waals surface area contributed by atoms with Gasteiger partial charge in [-0.3, -0.25) is 0 Å². The molecular weight excluding hydrogens is 333 g/mol. The average molecular weight is 355 g/mol. The maximum atomic E-state index is 12.2. The Morgan fingerprint density at radius 2 is 2.13 bits per heavy atom. The number of anilines is 2. The molecule has 124 valence electrons. The van der Waals surface area contributed by atoms with Crippen LogP contribution >= 0.6 is 7.95 Å². The molecule has 6 nitrogen and oxygen atoms in total. The molecule has 0 amide bonds. The third-order valence-electron chi connectivity index (χ3n) is 3.89. The van der Waals surface area contributed by atoms with Gasteiger partial charge in [0.25, 0.3) is 0 Å². The maximum absolute atomic E-state index is 12.2. The number of benzene rings is 1. The van der Waals surface area contributed by atoms with Crippen molar-refractivity contribution in [3.8, 4) is 0 Å². The number of nitrogen functional groups attached to an aromatic ring is 1. The number of aryl methyl sites for hydroxylation is 1. The Hall–Kier alpha value is -1.62. The van der Waals surface area contributed by atoms with E-state index >= 15 is 0 Å². The van der Waals surface area contributed by atoms with E-state index in [-0.39, 0.29) is 18.4 Å². The van der Waals surface area contributed by atoms with Gasteiger partial charge in [-0.2, -0.15) is 4.57 Å². The highest BCUT2D eigenvalue weighted by molar-refractivity contribution is 7.41. The lowest BCUT2D eigenvalue weighted by Gasteiger charge is -2.17. The minimum absolute atomic E-state index is 0. The van der Waals surface area contributed by atoms with Crippen LogP contribution in [-0.4, -0.2) is 23.7 Å². The predicted octanol–water partition coefficient (Wildman–Crippen LogP) is -1.53. The van der Waals surface area contributed by atoms with E-state index in [1.165, 1.54) is 5.69 Å². The number of hydrogen-bond donors (Lipinski definition) is 2. The van der Waals surface area contributed by atoms with E-state index < -0.39 is 7.95 Å². The van der Waals surface area contributed by atoms with Crippen LogP contribution in [0.15, 0.2) is 43.0 Å². The Balaban J connectivity index is 0.00000192. The van der Waals surface area contributed by atoms with Crippen molar-refractivity contribution >= 4 is 19.3 Å². The van der Waals surface area contributed by atoms with E-state index in [1.807, 2.05) is 59.2 Å². The summed E-state index contributed by atoms with van der Waals surface area (Å²) in [7, 11) is 0.512. The van der Waals surface area contributed by atoms with Gasteiger partial charge in [-0.05, 0) is 35.3 Å². The summed E-state index contributed by atoms with van der Waals surface area (Å²) < 4.78 is 16.1. The molecule has 0 radical (unpaired) electrons. The van der Waals surface area contributed by atoms with Gasteiger partial charge in [0.1, 0.15) is 12.4 Å². The summed E-state index contributed by atoms with van der Waals surface area (Å²) >= 11 is 0. The van der Waals surface area contributed by atoms with E-state index in [9.17, 15) is 4.57 Å². The van der Waals surface area contributed by atoms with Crippen LogP contribution in [0.3, 0.4) is 0 Å². The first-order chi connectivity index (χ1) is 10.6. The molecule has 2 heterocycles. The zero-order valence-corrected chi connectivity index (χ0v) is 14.8. The fourth-order valence-electron chi connectivity index (χ4n) is 2.76. The van der Waals surface area contributed by atoms with Crippen LogP contribution in [0, 0.1) is 0 Å². The van der Waals surface area contributed by atoms with Crippen molar-refractivity contribution < 1.29 is 21.5 Å². The lowest BCUT2D eigenvalue weighted by Crippen LogP contribution is -3.00. The molecule has 1 aliphatic heterocycles. The van der Waals surface area contributed by atoms with Crippen LogP contribution < -0.4 is 32.7 Å². The zero-order chi connectivity index (χ0) is 15.5. The van der Waals surface area contributed by atoms with Crippen LogP contribution in [0.2, 0.25) is 0 Å². The van der Waals surface area contributed by atoms with Crippen molar-refractivity contribution in [2.75, 3.05) is 23.7 Å². The molecule has 1 aliphatic rings. The Kier molecular flexibility index (Phi) is 5.99. The quantitative estimate of drug-likeness (QED) is 0.388. The first kappa shape index (κ1) is 17.7. The normalized spacial score (nSPS) is 17.9. The van der Waals surface area contributed by atoms with Gasteiger partial charge in [0.15, 0.2) is 0 Å². The molecule has 1 aromatic heterocycles. The van der Waals surface area contributed by atoms with E-state index in [1.54, 1.807) is 0 Å². The monoisotopic (exact) mass is 354 g/mol. The van der Waals surface area contributed by atoms with Gasteiger partial charge in [0, 0.05) is 24.5 Å². The van der Waals surface area contributed by atoms with Crippen LogP contribution in [0.25, 0.3) is 0 Å². The molecule has 2 atom stereocenters. The second kappa shape index (κ2) is 7.77. The Labute approximate surface area is 143 Å². The first-order valence-corrected chi connectivity index (χ1v) is 8.87. The van der Waals surface area contributed by atoms with Crippen LogP contribution in [0.5, 0.6) is 0 Å². The van der Waals surface area contributed by atoms with Crippen molar-refractivity contribution in [2.24, 2.45) is 7.05 Å². The third kappa shape index (κ3) is 4.67. The number of rotatable bonds is 5. The summed E-state index contributed by atoms with van der Waals surface area (Å²) in [4.78, 5) is 2.30. The first-order valence-electron chi connectivity index (χ1n) is 7.42. The molecule has 2 aromatic rings. The fraction of sp³-hybridized carbons (Fsp3) is 0.400. The molecule has 3 N–H and O–H groups in total. The largest absolute Gasteiger partial charge is 1.00 e. The van der Waals surface area contributed by atoms with E-state index in [4.69, 9.17) is 5.73 Å². The standard InChI is InChI=1S/C15H22N5OP.ClH/c1-18-8-9-19(11-18)12-22(21)17-14-6-7-20(10-14)15-4-2-13(16)3-5-15;/h2-5,8-9,11,14H,6-7,10,12,16H2,1H3,(H,17,21);1H/q+2;/p-1. The fourth-order valence-corrected chi connectivity index (χ4v) is 3.93. The van der Waals surface area contributed by atoms with Crippen molar-refractivity contribution in [1.82, 2.24) is 9.65 Å². The van der Waals surface area contributed by atoms with Gasteiger partial charge in [-0.15, -0.1) is 5.09 Å². The molecule has 0 spiro atoms. The van der Waals surface area contributed by atoms with Crippen LogP contribution in [-0.2, 0) is 17.9 Å². The number of hydrogen-bond acceptors (Lipinski definition) is 3. The maximum Gasteiger partial charge on any atom is 0.478 e. The minimum Gasteiger partial charge on any atom is -1.00 e. The highest BCUT2D eigenvalue weighted by atomic mass is 35.5. The second-order valence-corrected chi connectivity index (χ2v) is 7.06. The number of nitrogens with zero attached hydrogens (tertiary/aromatic N) is 3. The molecule has 1 aromatic carbocycles. The van der Waals surface area contributed by atoms with Gasteiger partial charge in [0.05, 0.1) is 13.1 Å². The molecule has 3 rings (SSSR count). The molecular formula is C15H22ClN5OP+. The third-order valence-corrected chi connectivity index (χ3v) is 5.13. The van der Waals surface area contributed by atoms with E-state index in [0.29, 0.717) is 6.29 Å². The lowest BCUT2D eigenvalue weighted by atomic mass is 10.2.